The zero-order valence-corrected chi connectivity index (χ0v) is 26.1. The molecule has 0 radical (unpaired) electrons. The van der Waals surface area contributed by atoms with E-state index in [0.29, 0.717) is 25.9 Å². The number of hydrogen-bond acceptors (Lipinski definition) is 5. The molecule has 2 amide bonds. The van der Waals surface area contributed by atoms with Crippen molar-refractivity contribution < 1.29 is 9.59 Å². The van der Waals surface area contributed by atoms with Crippen molar-refractivity contribution in [2.75, 3.05) is 52.4 Å². The van der Waals surface area contributed by atoms with Gasteiger partial charge in [-0.3, -0.25) is 9.59 Å². The Hall–Kier alpha value is -1.18. The highest BCUT2D eigenvalue weighted by Gasteiger charge is 2.01. The fourth-order valence-corrected chi connectivity index (χ4v) is 4.68. The van der Waals surface area contributed by atoms with Crippen molar-refractivity contribution >= 4 is 11.8 Å². The van der Waals surface area contributed by atoms with Gasteiger partial charge in [0, 0.05) is 65.2 Å². The van der Waals surface area contributed by atoms with Gasteiger partial charge in [-0.15, -0.1) is 0 Å². The Balaban J connectivity index is 3.21. The summed E-state index contributed by atoms with van der Waals surface area (Å²) in [5.74, 6) is 0.368. The highest BCUT2D eigenvalue weighted by molar-refractivity contribution is 5.76. The van der Waals surface area contributed by atoms with Crippen LogP contribution in [0.4, 0.5) is 0 Å². The molecule has 0 unspecified atom stereocenters. The van der Waals surface area contributed by atoms with E-state index in [2.05, 4.69) is 40.4 Å². The van der Waals surface area contributed by atoms with Gasteiger partial charge < -0.3 is 26.6 Å². The quantitative estimate of drug-likeness (QED) is 0.0676. The number of nitrogens with one attached hydrogen (secondary N) is 5. The molecule has 0 rings (SSSR count). The van der Waals surface area contributed by atoms with Crippen molar-refractivity contribution in [1.82, 2.24) is 26.6 Å². The van der Waals surface area contributed by atoms with Crippen molar-refractivity contribution in [3.8, 4) is 0 Å². The molecule has 39 heavy (non-hydrogen) atoms. The van der Waals surface area contributed by atoms with E-state index in [-0.39, 0.29) is 11.8 Å². The molecule has 0 spiro atoms. The minimum atomic E-state index is 0.184. The second-order valence-corrected chi connectivity index (χ2v) is 11.1. The van der Waals surface area contributed by atoms with Gasteiger partial charge in [0.25, 0.3) is 0 Å². The molecule has 5 N–H and O–H groups in total. The van der Waals surface area contributed by atoms with Crippen LogP contribution in [0.15, 0.2) is 0 Å². The molecule has 0 aromatic rings. The third-order valence-electron chi connectivity index (χ3n) is 7.22. The van der Waals surface area contributed by atoms with Crippen LogP contribution in [0.25, 0.3) is 0 Å². The lowest BCUT2D eigenvalue weighted by atomic mass is 10.1. The molecule has 0 aliphatic carbocycles. The predicted molar refractivity (Wildman–Crippen MR) is 168 cm³/mol. The lowest BCUT2D eigenvalue weighted by Crippen LogP contribution is -2.37. The lowest BCUT2D eigenvalue weighted by molar-refractivity contribution is -0.122. The second-order valence-electron chi connectivity index (χ2n) is 11.1. The summed E-state index contributed by atoms with van der Waals surface area (Å²) in [7, 11) is 0. The summed E-state index contributed by atoms with van der Waals surface area (Å²) in [6.07, 6.45) is 24.4. The maximum atomic E-state index is 11.9. The number of carbonyl (C=O) groups excluding carboxylic acids is 2. The van der Waals surface area contributed by atoms with Gasteiger partial charge in [0.1, 0.15) is 0 Å². The third kappa shape index (κ3) is 32.9. The van der Waals surface area contributed by atoms with Gasteiger partial charge >= 0.3 is 0 Å². The van der Waals surface area contributed by atoms with E-state index in [9.17, 15) is 9.59 Å². The number of carbonyl (C=O) groups is 2. The molecule has 0 fully saturated rings. The summed E-state index contributed by atoms with van der Waals surface area (Å²) < 4.78 is 0. The topological polar surface area (TPSA) is 94.3 Å². The predicted octanol–water partition coefficient (Wildman–Crippen LogP) is 5.83. The van der Waals surface area contributed by atoms with Crippen molar-refractivity contribution in [3.05, 3.63) is 0 Å². The second kappa shape index (κ2) is 33.0. The maximum Gasteiger partial charge on any atom is 0.220 e. The zero-order valence-electron chi connectivity index (χ0n) is 26.1. The SMILES string of the molecule is CCCCCCCCCCCC(=O)NCCNCCNCCNCCNC(=O)CCCCCCCCCCC. The first-order chi connectivity index (χ1) is 19.2. The number of unbranched alkanes of at least 4 members (excludes halogenated alkanes) is 16. The van der Waals surface area contributed by atoms with Crippen LogP contribution in [0, 0.1) is 0 Å². The molecular formula is C32H67N5O2. The van der Waals surface area contributed by atoms with Gasteiger partial charge in [-0.05, 0) is 12.8 Å². The Labute approximate surface area is 242 Å². The van der Waals surface area contributed by atoms with Gasteiger partial charge in [0.15, 0.2) is 0 Å². The maximum absolute atomic E-state index is 11.9. The Morgan fingerprint density at radius 2 is 0.615 bits per heavy atom. The minimum absolute atomic E-state index is 0.184. The molecule has 0 aromatic heterocycles. The summed E-state index contributed by atoms with van der Waals surface area (Å²) in [4.78, 5) is 23.8. The molecule has 0 heterocycles. The molecule has 0 aliphatic rings. The molecule has 0 atom stereocenters. The van der Waals surface area contributed by atoms with E-state index in [1.807, 2.05) is 0 Å². The van der Waals surface area contributed by atoms with E-state index in [4.69, 9.17) is 0 Å². The van der Waals surface area contributed by atoms with Crippen LogP contribution < -0.4 is 26.6 Å². The van der Waals surface area contributed by atoms with Crippen LogP contribution >= 0.6 is 0 Å². The highest BCUT2D eigenvalue weighted by atomic mass is 16.2. The fraction of sp³-hybridized carbons (Fsp3) is 0.938. The van der Waals surface area contributed by atoms with Crippen LogP contribution in [0.2, 0.25) is 0 Å². The largest absolute Gasteiger partial charge is 0.355 e. The van der Waals surface area contributed by atoms with Crippen LogP contribution in [0.1, 0.15) is 142 Å². The Morgan fingerprint density at radius 1 is 0.359 bits per heavy atom. The summed E-state index contributed by atoms with van der Waals surface area (Å²) in [5, 5.41) is 16.1. The van der Waals surface area contributed by atoms with Crippen LogP contribution in [-0.2, 0) is 9.59 Å². The van der Waals surface area contributed by atoms with Crippen LogP contribution in [-0.4, -0.2) is 64.2 Å². The molecule has 7 nitrogen and oxygen atoms in total. The fourth-order valence-electron chi connectivity index (χ4n) is 4.68. The van der Waals surface area contributed by atoms with Gasteiger partial charge in [-0.1, -0.05) is 117 Å². The number of amides is 2. The van der Waals surface area contributed by atoms with E-state index in [1.165, 1.54) is 103 Å². The van der Waals surface area contributed by atoms with E-state index in [1.54, 1.807) is 0 Å². The molecule has 0 saturated carbocycles. The third-order valence-corrected chi connectivity index (χ3v) is 7.22. The average molecular weight is 554 g/mol. The van der Waals surface area contributed by atoms with Gasteiger partial charge in [-0.25, -0.2) is 0 Å². The Morgan fingerprint density at radius 3 is 0.923 bits per heavy atom. The average Bonchev–Trinajstić information content (AvgIpc) is 2.93. The molecule has 7 heteroatoms. The van der Waals surface area contributed by atoms with E-state index < -0.39 is 0 Å². The normalized spacial score (nSPS) is 11.1. The highest BCUT2D eigenvalue weighted by Crippen LogP contribution is 2.11. The standard InChI is InChI=1S/C32H67N5O2/c1-3-5-7-9-11-13-15-17-19-21-31(38)36-29-27-34-25-23-33-24-26-35-28-30-37-32(39)22-20-18-16-14-12-10-8-6-4-2/h33-35H,3-30H2,1-2H3,(H,36,38)(H,37,39). The molecule has 0 bridgehead atoms. The molecule has 232 valence electrons. The smallest absolute Gasteiger partial charge is 0.220 e. The molecular weight excluding hydrogens is 486 g/mol. The van der Waals surface area contributed by atoms with E-state index >= 15 is 0 Å². The Kier molecular flexibility index (Phi) is 32.0. The molecule has 0 saturated heterocycles. The zero-order chi connectivity index (χ0) is 28.5. The van der Waals surface area contributed by atoms with E-state index in [0.717, 1.165) is 52.1 Å². The van der Waals surface area contributed by atoms with Crippen molar-refractivity contribution in [3.63, 3.8) is 0 Å². The number of rotatable bonds is 32. The van der Waals surface area contributed by atoms with Gasteiger partial charge in [0.2, 0.25) is 11.8 Å². The van der Waals surface area contributed by atoms with Crippen LogP contribution in [0.5, 0.6) is 0 Å². The minimum Gasteiger partial charge on any atom is -0.355 e. The van der Waals surface area contributed by atoms with Crippen molar-refractivity contribution in [2.45, 2.75) is 142 Å². The van der Waals surface area contributed by atoms with Crippen molar-refractivity contribution in [1.29, 1.82) is 0 Å². The monoisotopic (exact) mass is 554 g/mol. The number of hydrogen-bond donors (Lipinski definition) is 5. The first kappa shape index (κ1) is 37.8. The Bertz CT molecular complexity index is 475. The van der Waals surface area contributed by atoms with Crippen LogP contribution in [0.3, 0.4) is 0 Å². The first-order valence-corrected chi connectivity index (χ1v) is 16.9. The summed E-state index contributed by atoms with van der Waals surface area (Å²) in [6.45, 7) is 11.1. The van der Waals surface area contributed by atoms with Crippen molar-refractivity contribution in [2.24, 2.45) is 0 Å². The van der Waals surface area contributed by atoms with Gasteiger partial charge in [-0.2, -0.15) is 0 Å². The van der Waals surface area contributed by atoms with Gasteiger partial charge in [0.05, 0.1) is 0 Å². The lowest BCUT2D eigenvalue weighted by Gasteiger charge is -2.09. The summed E-state index contributed by atoms with van der Waals surface area (Å²) in [5.41, 5.74) is 0. The summed E-state index contributed by atoms with van der Waals surface area (Å²) >= 11 is 0. The molecule has 0 aromatic carbocycles. The molecule has 0 aliphatic heterocycles. The first-order valence-electron chi connectivity index (χ1n) is 16.9. The summed E-state index contributed by atoms with van der Waals surface area (Å²) in [6, 6.07) is 0.